The Morgan fingerprint density at radius 2 is 1.71 bits per heavy atom. The lowest BCUT2D eigenvalue weighted by molar-refractivity contribution is 0.00337. The van der Waals surface area contributed by atoms with Crippen LogP contribution in [0.3, 0.4) is 0 Å². The van der Waals surface area contributed by atoms with Crippen LogP contribution in [0.25, 0.3) is 0 Å². The van der Waals surface area contributed by atoms with E-state index in [4.69, 9.17) is 21.1 Å². The van der Waals surface area contributed by atoms with E-state index < -0.39 is 0 Å². The van der Waals surface area contributed by atoms with Gasteiger partial charge in [0.2, 0.25) is 0 Å². The first-order chi connectivity index (χ1) is 16.5. The molecule has 1 aliphatic rings. The van der Waals surface area contributed by atoms with Crippen molar-refractivity contribution in [2.24, 2.45) is 0 Å². The molecule has 0 bridgehead atoms. The van der Waals surface area contributed by atoms with E-state index in [1.807, 2.05) is 77.7 Å². The number of ether oxygens (including phenoxy) is 2. The molecule has 1 amide bonds. The van der Waals surface area contributed by atoms with Crippen molar-refractivity contribution in [3.8, 4) is 5.75 Å². The Hall–Kier alpha value is -2.38. The van der Waals surface area contributed by atoms with Crippen LogP contribution in [0.15, 0.2) is 77.3 Å². The molecule has 0 spiro atoms. The van der Waals surface area contributed by atoms with Gasteiger partial charge in [0, 0.05) is 47.8 Å². The molecule has 0 aliphatic carbocycles. The molecule has 178 valence electrons. The zero-order chi connectivity index (χ0) is 23.9. The summed E-state index contributed by atoms with van der Waals surface area (Å²) in [6.45, 7) is 4.21. The second-order valence-electron chi connectivity index (χ2n) is 8.30. The topological polar surface area (TPSA) is 42.0 Å². The van der Waals surface area contributed by atoms with Crippen LogP contribution in [0.4, 0.5) is 0 Å². The van der Waals surface area contributed by atoms with Gasteiger partial charge >= 0.3 is 0 Å². The van der Waals surface area contributed by atoms with Gasteiger partial charge in [-0.3, -0.25) is 9.69 Å². The summed E-state index contributed by atoms with van der Waals surface area (Å²) in [6, 6.07) is 23.3. The molecule has 1 fully saturated rings. The minimum absolute atomic E-state index is 0.0793. The van der Waals surface area contributed by atoms with Crippen LogP contribution in [0.1, 0.15) is 27.6 Å². The molecule has 1 saturated heterocycles. The summed E-state index contributed by atoms with van der Waals surface area (Å²) in [5.74, 6) is 0.895. The molecule has 0 N–H and O–H groups in total. The standard InChI is InChI=1S/C27H28BrClN2O3/c1-33-25-4-2-3-20(17-25)19-34-26(21-7-11-24(29)12-8-21)18-30-13-15-31(16-14-30)27(32)22-5-9-23(28)10-6-22/h2-12,17,26H,13-16,18-19H2,1H3/t26-/m0/s1. The van der Waals surface area contributed by atoms with E-state index in [1.54, 1.807) is 7.11 Å². The van der Waals surface area contributed by atoms with Crippen LogP contribution in [0.5, 0.6) is 5.75 Å². The number of hydrogen-bond acceptors (Lipinski definition) is 4. The second kappa shape index (κ2) is 11.8. The normalized spacial score (nSPS) is 15.2. The predicted octanol–water partition coefficient (Wildman–Crippen LogP) is 5.83. The van der Waals surface area contributed by atoms with Gasteiger partial charge in [0.15, 0.2) is 0 Å². The third-order valence-electron chi connectivity index (χ3n) is 6.00. The highest BCUT2D eigenvalue weighted by atomic mass is 79.9. The lowest BCUT2D eigenvalue weighted by Gasteiger charge is -2.36. The number of benzene rings is 3. The quantitative estimate of drug-likeness (QED) is 0.359. The maximum atomic E-state index is 12.8. The first-order valence-corrected chi connectivity index (χ1v) is 12.5. The molecular formula is C27H28BrClN2O3. The fourth-order valence-corrected chi connectivity index (χ4v) is 4.42. The molecule has 3 aromatic rings. The first kappa shape index (κ1) is 24.7. The van der Waals surface area contributed by atoms with Crippen molar-refractivity contribution in [3.05, 3.63) is 99.0 Å². The Morgan fingerprint density at radius 3 is 2.38 bits per heavy atom. The number of halogens is 2. The van der Waals surface area contributed by atoms with Crippen LogP contribution in [-0.4, -0.2) is 55.5 Å². The van der Waals surface area contributed by atoms with Crippen molar-refractivity contribution in [2.45, 2.75) is 12.7 Å². The lowest BCUT2D eigenvalue weighted by Crippen LogP contribution is -2.49. The summed E-state index contributed by atoms with van der Waals surface area (Å²) in [4.78, 5) is 17.1. The molecule has 1 heterocycles. The lowest BCUT2D eigenvalue weighted by atomic mass is 10.1. The summed E-state index contributed by atoms with van der Waals surface area (Å²) in [5, 5.41) is 0.704. The van der Waals surface area contributed by atoms with Crippen molar-refractivity contribution in [3.63, 3.8) is 0 Å². The molecule has 4 rings (SSSR count). The van der Waals surface area contributed by atoms with E-state index in [0.29, 0.717) is 24.7 Å². The smallest absolute Gasteiger partial charge is 0.253 e. The van der Waals surface area contributed by atoms with Crippen molar-refractivity contribution < 1.29 is 14.3 Å². The number of rotatable bonds is 8. The van der Waals surface area contributed by atoms with E-state index in [9.17, 15) is 4.79 Å². The summed E-state index contributed by atoms with van der Waals surface area (Å²) in [6.07, 6.45) is -0.114. The van der Waals surface area contributed by atoms with Crippen molar-refractivity contribution in [1.82, 2.24) is 9.80 Å². The van der Waals surface area contributed by atoms with E-state index in [1.165, 1.54) is 0 Å². The molecule has 1 atom stereocenters. The Kier molecular flexibility index (Phi) is 8.62. The highest BCUT2D eigenvalue weighted by Crippen LogP contribution is 2.24. The Labute approximate surface area is 214 Å². The van der Waals surface area contributed by atoms with Gasteiger partial charge in [-0.2, -0.15) is 0 Å². The molecule has 0 radical (unpaired) electrons. The minimum Gasteiger partial charge on any atom is -0.497 e. The predicted molar refractivity (Wildman–Crippen MR) is 138 cm³/mol. The zero-order valence-corrected chi connectivity index (χ0v) is 21.5. The van der Waals surface area contributed by atoms with Gasteiger partial charge in [-0.1, -0.05) is 51.8 Å². The largest absolute Gasteiger partial charge is 0.497 e. The molecule has 1 aliphatic heterocycles. The molecule has 7 heteroatoms. The third kappa shape index (κ3) is 6.60. The molecule has 34 heavy (non-hydrogen) atoms. The molecule has 0 saturated carbocycles. The van der Waals surface area contributed by atoms with Gasteiger partial charge in [-0.15, -0.1) is 0 Å². The second-order valence-corrected chi connectivity index (χ2v) is 9.65. The minimum atomic E-state index is -0.114. The van der Waals surface area contributed by atoms with Crippen molar-refractivity contribution in [2.75, 3.05) is 39.8 Å². The number of carbonyl (C=O) groups excluding carboxylic acids is 1. The van der Waals surface area contributed by atoms with E-state index in [2.05, 4.69) is 20.8 Å². The van der Waals surface area contributed by atoms with Crippen LogP contribution >= 0.6 is 27.5 Å². The van der Waals surface area contributed by atoms with Crippen LogP contribution < -0.4 is 4.74 Å². The monoisotopic (exact) mass is 542 g/mol. The summed E-state index contributed by atoms with van der Waals surface area (Å²) in [5.41, 5.74) is 2.86. The number of nitrogens with zero attached hydrogens (tertiary/aromatic N) is 2. The van der Waals surface area contributed by atoms with E-state index in [0.717, 1.165) is 46.5 Å². The van der Waals surface area contributed by atoms with Gasteiger partial charge < -0.3 is 14.4 Å². The van der Waals surface area contributed by atoms with Gasteiger partial charge in [-0.25, -0.2) is 0 Å². The fourth-order valence-electron chi connectivity index (χ4n) is 4.03. The number of amides is 1. The highest BCUT2D eigenvalue weighted by Gasteiger charge is 2.25. The summed E-state index contributed by atoms with van der Waals surface area (Å²) < 4.78 is 12.7. The number of piperazine rings is 1. The van der Waals surface area contributed by atoms with Gasteiger partial charge in [0.25, 0.3) is 5.91 Å². The SMILES string of the molecule is COc1cccc(CO[C@@H](CN2CCN(C(=O)c3ccc(Br)cc3)CC2)c2ccc(Cl)cc2)c1. The van der Waals surface area contributed by atoms with Crippen LogP contribution in [-0.2, 0) is 11.3 Å². The van der Waals surface area contributed by atoms with Crippen molar-refractivity contribution >= 4 is 33.4 Å². The Morgan fingerprint density at radius 1 is 1.00 bits per heavy atom. The van der Waals surface area contributed by atoms with Gasteiger partial charge in [0.1, 0.15) is 5.75 Å². The van der Waals surface area contributed by atoms with E-state index >= 15 is 0 Å². The van der Waals surface area contributed by atoms with Gasteiger partial charge in [0.05, 0.1) is 19.8 Å². The number of carbonyl (C=O) groups is 1. The molecule has 0 unspecified atom stereocenters. The summed E-state index contributed by atoms with van der Waals surface area (Å²) >= 11 is 9.54. The Balaban J connectivity index is 1.38. The Bertz CT molecular complexity index is 1080. The van der Waals surface area contributed by atoms with Crippen LogP contribution in [0, 0.1) is 0 Å². The van der Waals surface area contributed by atoms with Crippen LogP contribution in [0.2, 0.25) is 5.02 Å². The first-order valence-electron chi connectivity index (χ1n) is 11.3. The third-order valence-corrected chi connectivity index (χ3v) is 6.78. The number of hydrogen-bond donors (Lipinski definition) is 0. The molecular weight excluding hydrogens is 516 g/mol. The molecule has 5 nitrogen and oxygen atoms in total. The molecule has 3 aromatic carbocycles. The zero-order valence-electron chi connectivity index (χ0n) is 19.1. The maximum Gasteiger partial charge on any atom is 0.253 e. The average Bonchev–Trinajstić information content (AvgIpc) is 2.87. The molecule has 0 aromatic heterocycles. The van der Waals surface area contributed by atoms with Crippen molar-refractivity contribution in [1.29, 1.82) is 0 Å². The summed E-state index contributed by atoms with van der Waals surface area (Å²) in [7, 11) is 1.66. The van der Waals surface area contributed by atoms with E-state index in [-0.39, 0.29) is 12.0 Å². The maximum absolute atomic E-state index is 12.8. The number of methoxy groups -OCH3 is 1. The van der Waals surface area contributed by atoms with Gasteiger partial charge in [-0.05, 0) is 59.7 Å². The average molecular weight is 544 g/mol. The highest BCUT2D eigenvalue weighted by molar-refractivity contribution is 9.10. The fraction of sp³-hybridized carbons (Fsp3) is 0.296.